The van der Waals surface area contributed by atoms with E-state index in [0.29, 0.717) is 62.1 Å². The number of anilines is 1. The van der Waals surface area contributed by atoms with Gasteiger partial charge in [-0.05, 0) is 30.3 Å². The van der Waals surface area contributed by atoms with Crippen LogP contribution in [0.5, 0.6) is 11.5 Å². The van der Waals surface area contributed by atoms with E-state index in [1.54, 1.807) is 18.2 Å². The van der Waals surface area contributed by atoms with E-state index in [-0.39, 0.29) is 22.4 Å². The van der Waals surface area contributed by atoms with Crippen molar-refractivity contribution in [2.45, 2.75) is 4.90 Å². The lowest BCUT2D eigenvalue weighted by Gasteiger charge is -2.31. The van der Waals surface area contributed by atoms with Gasteiger partial charge in [-0.1, -0.05) is 11.6 Å². The smallest absolute Gasteiger partial charge is 0.279 e. The Morgan fingerprint density at radius 1 is 1.12 bits per heavy atom. The zero-order chi connectivity index (χ0) is 22.7. The van der Waals surface area contributed by atoms with Gasteiger partial charge >= 0.3 is 0 Å². The van der Waals surface area contributed by atoms with Gasteiger partial charge in [0.25, 0.3) is 5.91 Å². The van der Waals surface area contributed by atoms with Crippen LogP contribution in [0, 0.1) is 11.3 Å². The molecule has 1 saturated heterocycles. The molecule has 0 bridgehead atoms. The molecule has 2 aliphatic heterocycles. The van der Waals surface area contributed by atoms with Gasteiger partial charge in [0, 0.05) is 11.8 Å². The van der Waals surface area contributed by atoms with E-state index in [2.05, 4.69) is 5.32 Å². The topological polar surface area (TPSA) is 113 Å². The van der Waals surface area contributed by atoms with Crippen molar-refractivity contribution in [2.75, 3.05) is 51.3 Å². The highest BCUT2D eigenvalue weighted by Crippen LogP contribution is 2.33. The lowest BCUT2D eigenvalue weighted by atomic mass is 10.2. The minimum atomic E-state index is -3.66. The van der Waals surface area contributed by atoms with Crippen molar-refractivity contribution in [1.29, 1.82) is 5.26 Å². The molecule has 2 heterocycles. The molecule has 168 valence electrons. The highest BCUT2D eigenvalue weighted by molar-refractivity contribution is 7.89. The largest absolute Gasteiger partial charge is 0.486 e. The maximum atomic E-state index is 13.0. The molecule has 0 radical (unpaired) electrons. The van der Waals surface area contributed by atoms with E-state index in [1.165, 1.54) is 22.5 Å². The Kier molecular flexibility index (Phi) is 6.53. The van der Waals surface area contributed by atoms with Gasteiger partial charge in [0.15, 0.2) is 18.0 Å². The van der Waals surface area contributed by atoms with Crippen LogP contribution >= 0.6 is 11.6 Å². The van der Waals surface area contributed by atoms with E-state index in [0.717, 1.165) is 4.90 Å². The number of sulfonamides is 1. The van der Waals surface area contributed by atoms with E-state index in [4.69, 9.17) is 26.3 Å². The first-order valence-corrected chi connectivity index (χ1v) is 11.9. The molecule has 11 heteroatoms. The summed E-state index contributed by atoms with van der Waals surface area (Å²) in [7, 11) is -3.66. The Labute approximate surface area is 191 Å². The molecule has 1 fully saturated rings. The Morgan fingerprint density at radius 3 is 2.53 bits per heavy atom. The summed E-state index contributed by atoms with van der Waals surface area (Å²) in [5.41, 5.74) is 0.851. The second kappa shape index (κ2) is 9.34. The fourth-order valence-electron chi connectivity index (χ4n) is 3.67. The van der Waals surface area contributed by atoms with Crippen LogP contribution in [0.4, 0.5) is 5.69 Å². The molecule has 32 heavy (non-hydrogen) atoms. The number of halogens is 1. The molecule has 0 unspecified atom stereocenters. The number of rotatable bonds is 5. The summed E-state index contributed by atoms with van der Waals surface area (Å²) in [5, 5.41) is 12.0. The Balaban J connectivity index is 1.33. The van der Waals surface area contributed by atoms with Crippen molar-refractivity contribution in [1.82, 2.24) is 4.31 Å². The molecule has 0 atom stereocenters. The number of hydrogen-bond acceptors (Lipinski definition) is 6. The van der Waals surface area contributed by atoms with Crippen LogP contribution in [0.2, 0.25) is 5.02 Å². The van der Waals surface area contributed by atoms with Crippen LogP contribution in [0.3, 0.4) is 0 Å². The predicted octanol–water partition coefficient (Wildman–Crippen LogP) is 0.511. The van der Waals surface area contributed by atoms with E-state index >= 15 is 0 Å². The van der Waals surface area contributed by atoms with Gasteiger partial charge in [-0.25, -0.2) is 8.42 Å². The third-order valence-electron chi connectivity index (χ3n) is 5.36. The number of nitrogens with one attached hydrogen (secondary N) is 2. The van der Waals surface area contributed by atoms with Gasteiger partial charge < -0.3 is 19.7 Å². The number of nitrogens with zero attached hydrogens (tertiary/aromatic N) is 2. The number of carbonyl (C=O) groups is 1. The number of fused-ring (bicyclic) bond motifs is 1. The summed E-state index contributed by atoms with van der Waals surface area (Å²) >= 11 is 6.00. The van der Waals surface area contributed by atoms with Crippen molar-refractivity contribution in [2.24, 2.45) is 0 Å². The van der Waals surface area contributed by atoms with Crippen LogP contribution in [0.15, 0.2) is 41.3 Å². The quantitative estimate of drug-likeness (QED) is 0.648. The highest BCUT2D eigenvalue weighted by atomic mass is 35.5. The SMILES string of the molecule is N#Cc1ccc(NC(=O)C[NH+]2CCN(S(=O)(=O)c3ccc4c(c3)OCCO4)CC2)cc1Cl. The summed E-state index contributed by atoms with van der Waals surface area (Å²) < 4.78 is 38.4. The van der Waals surface area contributed by atoms with Crippen molar-refractivity contribution in [3.05, 3.63) is 47.0 Å². The molecule has 2 N–H and O–H groups in total. The number of ether oxygens (including phenoxy) is 2. The molecule has 0 saturated carbocycles. The predicted molar refractivity (Wildman–Crippen MR) is 117 cm³/mol. The Morgan fingerprint density at radius 2 is 1.84 bits per heavy atom. The number of nitriles is 1. The van der Waals surface area contributed by atoms with Crippen LogP contribution in [0.25, 0.3) is 0 Å². The Hall–Kier alpha value is -2.84. The van der Waals surface area contributed by atoms with Crippen molar-refractivity contribution >= 4 is 33.2 Å². The lowest BCUT2D eigenvalue weighted by Crippen LogP contribution is -3.15. The maximum absolute atomic E-state index is 13.0. The third-order valence-corrected chi connectivity index (χ3v) is 7.57. The Bertz CT molecular complexity index is 1170. The standard InChI is InChI=1S/C21H21ClN4O5S/c22-18-11-16(2-1-15(18)13-23)24-21(27)14-25-5-7-26(8-6-25)32(28,29)17-3-4-19-20(12-17)31-10-9-30-19/h1-4,11-12H,5-10,14H2,(H,24,27)/p+1. The van der Waals surface area contributed by atoms with Crippen molar-refractivity contribution in [3.8, 4) is 17.6 Å². The van der Waals surface area contributed by atoms with Gasteiger partial charge in [0.2, 0.25) is 10.0 Å². The van der Waals surface area contributed by atoms with Crippen LogP contribution < -0.4 is 19.7 Å². The molecule has 9 nitrogen and oxygen atoms in total. The van der Waals surface area contributed by atoms with Gasteiger partial charge in [-0.15, -0.1) is 0 Å². The number of hydrogen-bond donors (Lipinski definition) is 2. The number of piperazine rings is 1. The fourth-order valence-corrected chi connectivity index (χ4v) is 5.35. The average molecular weight is 478 g/mol. The molecule has 2 aromatic carbocycles. The molecule has 0 aliphatic carbocycles. The minimum absolute atomic E-state index is 0.167. The molecule has 2 aromatic rings. The fraction of sp³-hybridized carbons (Fsp3) is 0.333. The van der Waals surface area contributed by atoms with Crippen LogP contribution in [-0.4, -0.2) is 64.6 Å². The normalized spacial score (nSPS) is 16.9. The molecule has 2 aliphatic rings. The molecule has 4 rings (SSSR count). The maximum Gasteiger partial charge on any atom is 0.279 e. The van der Waals surface area contributed by atoms with Gasteiger partial charge in [-0.3, -0.25) is 4.79 Å². The third kappa shape index (κ3) is 4.81. The number of carbonyl (C=O) groups excluding carboxylic acids is 1. The van der Waals surface area contributed by atoms with Crippen LogP contribution in [-0.2, 0) is 14.8 Å². The van der Waals surface area contributed by atoms with Gasteiger partial charge in [0.05, 0.1) is 41.7 Å². The molecule has 0 aromatic heterocycles. The van der Waals surface area contributed by atoms with Crippen molar-refractivity contribution < 1.29 is 27.6 Å². The van der Waals surface area contributed by atoms with E-state index < -0.39 is 10.0 Å². The zero-order valence-corrected chi connectivity index (χ0v) is 18.7. The van der Waals surface area contributed by atoms with E-state index in [9.17, 15) is 13.2 Å². The zero-order valence-electron chi connectivity index (χ0n) is 17.1. The molecular formula is C21H22ClN4O5S+. The number of amides is 1. The molecular weight excluding hydrogens is 456 g/mol. The van der Waals surface area contributed by atoms with Crippen LogP contribution in [0.1, 0.15) is 5.56 Å². The lowest BCUT2D eigenvalue weighted by molar-refractivity contribution is -0.895. The highest BCUT2D eigenvalue weighted by Gasteiger charge is 2.32. The average Bonchev–Trinajstić information content (AvgIpc) is 2.79. The summed E-state index contributed by atoms with van der Waals surface area (Å²) in [6, 6.07) is 11.3. The second-order valence-corrected chi connectivity index (χ2v) is 9.84. The first-order valence-electron chi connectivity index (χ1n) is 10.1. The van der Waals surface area contributed by atoms with Gasteiger partial charge in [-0.2, -0.15) is 9.57 Å². The number of quaternary nitrogens is 1. The van der Waals surface area contributed by atoms with Gasteiger partial charge in [0.1, 0.15) is 19.3 Å². The second-order valence-electron chi connectivity index (χ2n) is 7.49. The van der Waals surface area contributed by atoms with E-state index in [1.807, 2.05) is 6.07 Å². The molecule has 0 spiro atoms. The first-order chi connectivity index (χ1) is 15.4. The van der Waals surface area contributed by atoms with Crippen molar-refractivity contribution in [3.63, 3.8) is 0 Å². The summed E-state index contributed by atoms with van der Waals surface area (Å²) in [6.07, 6.45) is 0. The number of benzene rings is 2. The summed E-state index contributed by atoms with van der Waals surface area (Å²) in [5.74, 6) is 0.768. The summed E-state index contributed by atoms with van der Waals surface area (Å²) in [4.78, 5) is 13.5. The monoisotopic (exact) mass is 477 g/mol. The minimum Gasteiger partial charge on any atom is -0.486 e. The first kappa shape index (κ1) is 22.4. The summed E-state index contributed by atoms with van der Waals surface area (Å²) in [6.45, 7) is 2.65. The molecule has 1 amide bonds.